The molecule has 0 atom stereocenters. The Hall–Kier alpha value is -4.36. The van der Waals surface area contributed by atoms with Crippen LogP contribution in [0, 0.1) is 12.7 Å². The lowest BCUT2D eigenvalue weighted by atomic mass is 9.99. The lowest BCUT2D eigenvalue weighted by Crippen LogP contribution is -2.29. The van der Waals surface area contributed by atoms with Crippen LogP contribution < -0.4 is 0 Å². The third kappa shape index (κ3) is 4.59. The van der Waals surface area contributed by atoms with Crippen LogP contribution in [0.25, 0.3) is 55.6 Å². The number of likely N-dealkylation sites (tertiary alicyclic amines) is 1. The number of halogens is 1. The molecule has 1 fully saturated rings. The molecule has 0 bridgehead atoms. The molecule has 7 heteroatoms. The molecule has 0 unspecified atom stereocenters. The third-order valence-electron chi connectivity index (χ3n) is 7.67. The van der Waals surface area contributed by atoms with Crippen LogP contribution in [0.5, 0.6) is 0 Å². The van der Waals surface area contributed by atoms with Crippen molar-refractivity contribution in [2.45, 2.75) is 32.7 Å². The van der Waals surface area contributed by atoms with E-state index in [1.165, 1.54) is 24.8 Å². The quantitative estimate of drug-likeness (QED) is 0.253. The first-order valence-corrected chi connectivity index (χ1v) is 13.5. The molecule has 0 spiro atoms. The summed E-state index contributed by atoms with van der Waals surface area (Å²) in [5.41, 5.74) is 9.37. The Morgan fingerprint density at radius 3 is 2.64 bits per heavy atom. The normalized spacial score (nSPS) is 14.4. The number of fused-ring (bicyclic) bond motifs is 2. The summed E-state index contributed by atoms with van der Waals surface area (Å²) >= 11 is 0. The van der Waals surface area contributed by atoms with Gasteiger partial charge in [0, 0.05) is 40.8 Å². The molecule has 6 nitrogen and oxygen atoms in total. The zero-order valence-electron chi connectivity index (χ0n) is 21.8. The van der Waals surface area contributed by atoms with Crippen molar-refractivity contribution >= 4 is 21.8 Å². The minimum absolute atomic E-state index is 0.231. The maximum atomic E-state index is 14.2. The maximum absolute atomic E-state index is 14.2. The lowest BCUT2D eigenvalue weighted by Gasteiger charge is -2.26. The van der Waals surface area contributed by atoms with E-state index in [1.807, 2.05) is 49.8 Å². The van der Waals surface area contributed by atoms with Gasteiger partial charge in [-0.1, -0.05) is 24.6 Å². The zero-order valence-corrected chi connectivity index (χ0v) is 21.8. The molecule has 7 rings (SSSR count). The van der Waals surface area contributed by atoms with Crippen molar-refractivity contribution in [1.29, 1.82) is 0 Å². The van der Waals surface area contributed by atoms with Crippen LogP contribution in [0.4, 0.5) is 4.39 Å². The van der Waals surface area contributed by atoms with E-state index >= 15 is 0 Å². The molecule has 0 saturated carbocycles. The number of pyridine rings is 2. The number of aromatic amines is 2. The summed E-state index contributed by atoms with van der Waals surface area (Å²) in [5, 5.41) is 9.78. The standard InChI is InChI=1S/C32H29FN6/c1-20-10-22(13-24(33)11-20)25-6-5-7-28-26(25)14-30(36-28)32-27-15-29(35-18-31(27)37-38-32)23-12-21(16-34-17-23)19-39-8-3-2-4-9-39/h5-7,10-18,36H,2-4,8-9,19H2,1H3,(H,37,38). The molecule has 194 valence electrons. The number of rotatable bonds is 5. The van der Waals surface area contributed by atoms with Gasteiger partial charge in [-0.3, -0.25) is 20.0 Å². The number of aryl methyl sites for hydroxylation is 1. The molecule has 1 saturated heterocycles. The number of H-pyrrole nitrogens is 2. The summed E-state index contributed by atoms with van der Waals surface area (Å²) in [6.07, 6.45) is 9.54. The fourth-order valence-corrected chi connectivity index (χ4v) is 5.80. The van der Waals surface area contributed by atoms with Gasteiger partial charge in [-0.25, -0.2) is 4.39 Å². The van der Waals surface area contributed by atoms with Crippen molar-refractivity contribution in [1.82, 2.24) is 30.0 Å². The van der Waals surface area contributed by atoms with E-state index in [2.05, 4.69) is 43.3 Å². The molecule has 39 heavy (non-hydrogen) atoms. The minimum Gasteiger partial charge on any atom is -0.353 e. The first-order chi connectivity index (χ1) is 19.1. The molecule has 6 aromatic rings. The number of aromatic nitrogens is 5. The van der Waals surface area contributed by atoms with E-state index in [1.54, 1.807) is 12.1 Å². The van der Waals surface area contributed by atoms with Crippen LogP contribution in [0.1, 0.15) is 30.4 Å². The number of nitrogens with one attached hydrogen (secondary N) is 2. The van der Waals surface area contributed by atoms with E-state index in [9.17, 15) is 4.39 Å². The molecule has 0 amide bonds. The van der Waals surface area contributed by atoms with Crippen LogP contribution in [0.2, 0.25) is 0 Å². The maximum Gasteiger partial charge on any atom is 0.124 e. The molecule has 2 N–H and O–H groups in total. The topological polar surface area (TPSA) is 73.5 Å². The number of nitrogens with zero attached hydrogens (tertiary/aromatic N) is 4. The van der Waals surface area contributed by atoms with Crippen LogP contribution in [0.15, 0.2) is 73.2 Å². The van der Waals surface area contributed by atoms with Crippen molar-refractivity contribution in [2.75, 3.05) is 13.1 Å². The van der Waals surface area contributed by atoms with Crippen LogP contribution in [-0.2, 0) is 6.54 Å². The lowest BCUT2D eigenvalue weighted by molar-refractivity contribution is 0.220. The number of hydrogen-bond acceptors (Lipinski definition) is 4. The van der Waals surface area contributed by atoms with Gasteiger partial charge in [-0.2, -0.15) is 5.10 Å². The summed E-state index contributed by atoms with van der Waals surface area (Å²) in [6.45, 7) is 5.13. The van der Waals surface area contributed by atoms with Gasteiger partial charge in [-0.15, -0.1) is 0 Å². The van der Waals surface area contributed by atoms with Gasteiger partial charge in [0.25, 0.3) is 0 Å². The van der Waals surface area contributed by atoms with E-state index in [0.29, 0.717) is 0 Å². The van der Waals surface area contributed by atoms with Crippen LogP contribution in [-0.4, -0.2) is 43.1 Å². The Labute approximate surface area is 225 Å². The molecule has 1 aliphatic heterocycles. The van der Waals surface area contributed by atoms with Crippen LogP contribution in [0.3, 0.4) is 0 Å². The molecule has 1 aliphatic rings. The number of piperidine rings is 1. The summed E-state index contributed by atoms with van der Waals surface area (Å²) in [7, 11) is 0. The Morgan fingerprint density at radius 1 is 0.872 bits per heavy atom. The summed E-state index contributed by atoms with van der Waals surface area (Å²) in [6, 6.07) is 17.6. The van der Waals surface area contributed by atoms with E-state index in [-0.39, 0.29) is 5.82 Å². The highest BCUT2D eigenvalue weighted by atomic mass is 19.1. The molecular formula is C32H29FN6. The SMILES string of the molecule is Cc1cc(F)cc(-c2cccc3[nH]c(-c4n[nH]c5cnc(-c6cncc(CN7CCCCC7)c6)cc45)cc23)c1. The summed E-state index contributed by atoms with van der Waals surface area (Å²) in [4.78, 5) is 15.3. The smallest absolute Gasteiger partial charge is 0.124 e. The Kier molecular flexibility index (Phi) is 5.93. The second-order valence-corrected chi connectivity index (χ2v) is 10.6. The predicted octanol–water partition coefficient (Wildman–Crippen LogP) is 7.27. The molecule has 4 aromatic heterocycles. The first kappa shape index (κ1) is 23.7. The minimum atomic E-state index is -0.231. The first-order valence-electron chi connectivity index (χ1n) is 13.5. The monoisotopic (exact) mass is 516 g/mol. The largest absolute Gasteiger partial charge is 0.353 e. The van der Waals surface area contributed by atoms with E-state index < -0.39 is 0 Å². The fourth-order valence-electron chi connectivity index (χ4n) is 5.80. The van der Waals surface area contributed by atoms with Crippen molar-refractivity contribution in [2.24, 2.45) is 0 Å². The van der Waals surface area contributed by atoms with Crippen molar-refractivity contribution in [3.8, 4) is 33.8 Å². The average molecular weight is 517 g/mol. The van der Waals surface area contributed by atoms with Gasteiger partial charge < -0.3 is 4.98 Å². The summed E-state index contributed by atoms with van der Waals surface area (Å²) < 4.78 is 14.2. The second kappa shape index (κ2) is 9.75. The highest BCUT2D eigenvalue weighted by Gasteiger charge is 2.16. The second-order valence-electron chi connectivity index (χ2n) is 10.6. The predicted molar refractivity (Wildman–Crippen MR) is 154 cm³/mol. The van der Waals surface area contributed by atoms with Gasteiger partial charge in [0.15, 0.2) is 0 Å². The Balaban J connectivity index is 1.26. The number of hydrogen-bond donors (Lipinski definition) is 2. The van der Waals surface area contributed by atoms with Crippen molar-refractivity contribution in [3.63, 3.8) is 0 Å². The highest BCUT2D eigenvalue weighted by Crippen LogP contribution is 2.35. The summed E-state index contributed by atoms with van der Waals surface area (Å²) in [5.74, 6) is -0.231. The molecule has 2 aromatic carbocycles. The van der Waals surface area contributed by atoms with Crippen molar-refractivity contribution in [3.05, 3.63) is 90.1 Å². The molecule has 0 radical (unpaired) electrons. The van der Waals surface area contributed by atoms with Gasteiger partial charge in [0.1, 0.15) is 11.5 Å². The fraction of sp³-hybridized carbons (Fsp3) is 0.219. The zero-order chi connectivity index (χ0) is 26.3. The van der Waals surface area contributed by atoms with Gasteiger partial charge in [0.05, 0.1) is 23.1 Å². The number of benzene rings is 2. The van der Waals surface area contributed by atoms with Gasteiger partial charge in [-0.05, 0) is 91.5 Å². The van der Waals surface area contributed by atoms with Gasteiger partial charge in [0.2, 0.25) is 0 Å². The average Bonchev–Trinajstić information content (AvgIpc) is 3.57. The molecule has 0 aliphatic carbocycles. The Bertz CT molecular complexity index is 1790. The van der Waals surface area contributed by atoms with E-state index in [0.717, 1.165) is 80.8 Å². The molecular weight excluding hydrogens is 487 g/mol. The highest BCUT2D eigenvalue weighted by molar-refractivity contribution is 6.01. The van der Waals surface area contributed by atoms with Crippen LogP contribution >= 0.6 is 0 Å². The van der Waals surface area contributed by atoms with Crippen molar-refractivity contribution < 1.29 is 4.39 Å². The van der Waals surface area contributed by atoms with E-state index in [4.69, 9.17) is 4.98 Å². The molecule has 5 heterocycles. The van der Waals surface area contributed by atoms with Gasteiger partial charge >= 0.3 is 0 Å². The Morgan fingerprint density at radius 2 is 1.77 bits per heavy atom. The third-order valence-corrected chi connectivity index (χ3v) is 7.67.